The second-order valence-corrected chi connectivity index (χ2v) is 5.19. The van der Waals surface area contributed by atoms with Crippen molar-refractivity contribution in [3.63, 3.8) is 0 Å². The van der Waals surface area contributed by atoms with E-state index < -0.39 is 0 Å². The maximum absolute atomic E-state index is 13.2. The number of hydrogen-bond acceptors (Lipinski definition) is 4. The van der Waals surface area contributed by atoms with E-state index >= 15 is 0 Å². The van der Waals surface area contributed by atoms with Crippen LogP contribution in [-0.2, 0) is 6.54 Å². The van der Waals surface area contributed by atoms with Crippen molar-refractivity contribution >= 4 is 23.4 Å². The maximum Gasteiger partial charge on any atom is 0.224 e. The van der Waals surface area contributed by atoms with Crippen molar-refractivity contribution in [2.75, 3.05) is 23.8 Å². The third-order valence-corrected chi connectivity index (χ3v) is 3.20. The normalized spacial score (nSPS) is 10.5. The Labute approximate surface area is 129 Å². The number of aromatic nitrogens is 2. The molecule has 0 amide bonds. The summed E-state index contributed by atoms with van der Waals surface area (Å²) in [6.45, 7) is 3.39. The molecule has 0 radical (unpaired) electrons. The average molecular weight is 309 g/mol. The van der Waals surface area contributed by atoms with Gasteiger partial charge in [-0.25, -0.2) is 9.37 Å². The van der Waals surface area contributed by atoms with Crippen LogP contribution in [-0.4, -0.2) is 23.6 Å². The minimum absolute atomic E-state index is 0.250. The van der Waals surface area contributed by atoms with Crippen molar-refractivity contribution in [1.29, 1.82) is 0 Å². The lowest BCUT2D eigenvalue weighted by atomic mass is 10.2. The molecule has 0 fully saturated rings. The molecule has 2 rings (SSSR count). The quantitative estimate of drug-likeness (QED) is 0.883. The summed E-state index contributed by atoms with van der Waals surface area (Å²) >= 11 is 6.15. The van der Waals surface area contributed by atoms with E-state index in [9.17, 15) is 4.39 Å². The van der Waals surface area contributed by atoms with Crippen molar-refractivity contribution in [3.8, 4) is 0 Å². The molecule has 112 valence electrons. The molecule has 4 nitrogen and oxygen atoms in total. The van der Waals surface area contributed by atoms with Crippen molar-refractivity contribution in [3.05, 3.63) is 46.9 Å². The van der Waals surface area contributed by atoms with Gasteiger partial charge in [0.15, 0.2) is 5.82 Å². The Hall–Kier alpha value is -1.88. The van der Waals surface area contributed by atoms with Crippen LogP contribution in [0.2, 0.25) is 5.02 Å². The van der Waals surface area contributed by atoms with Crippen molar-refractivity contribution < 1.29 is 4.39 Å². The van der Waals surface area contributed by atoms with Crippen LogP contribution in [0.5, 0.6) is 0 Å². The van der Waals surface area contributed by atoms with Gasteiger partial charge in [-0.1, -0.05) is 30.7 Å². The summed E-state index contributed by atoms with van der Waals surface area (Å²) in [4.78, 5) is 10.4. The predicted octanol–water partition coefficient (Wildman–Crippen LogP) is 3.73. The van der Waals surface area contributed by atoms with E-state index in [1.807, 2.05) is 18.0 Å². The van der Waals surface area contributed by atoms with Crippen LogP contribution in [0.25, 0.3) is 0 Å². The van der Waals surface area contributed by atoms with Gasteiger partial charge in [0.25, 0.3) is 0 Å². The van der Waals surface area contributed by atoms with E-state index in [-0.39, 0.29) is 5.82 Å². The SMILES string of the molecule is CCCNc1ncc(Cl)c(N(C)Cc2cccc(F)c2)n1. The predicted molar refractivity (Wildman–Crippen MR) is 84.3 cm³/mol. The average Bonchev–Trinajstić information content (AvgIpc) is 2.46. The number of anilines is 2. The second kappa shape index (κ2) is 7.22. The van der Waals surface area contributed by atoms with Gasteiger partial charge in [0.2, 0.25) is 5.95 Å². The van der Waals surface area contributed by atoms with Crippen molar-refractivity contribution in [1.82, 2.24) is 9.97 Å². The van der Waals surface area contributed by atoms with Gasteiger partial charge in [-0.05, 0) is 24.1 Å². The Morgan fingerprint density at radius 2 is 2.19 bits per heavy atom. The van der Waals surface area contributed by atoms with Gasteiger partial charge in [0.05, 0.1) is 6.20 Å². The largest absolute Gasteiger partial charge is 0.354 e. The number of nitrogens with zero attached hydrogens (tertiary/aromatic N) is 3. The highest BCUT2D eigenvalue weighted by molar-refractivity contribution is 6.32. The number of benzene rings is 1. The van der Waals surface area contributed by atoms with Gasteiger partial charge in [-0.2, -0.15) is 4.98 Å². The minimum Gasteiger partial charge on any atom is -0.354 e. The summed E-state index contributed by atoms with van der Waals surface area (Å²) in [7, 11) is 1.86. The molecule has 0 aliphatic carbocycles. The zero-order valence-electron chi connectivity index (χ0n) is 12.1. The van der Waals surface area contributed by atoms with E-state index in [0.717, 1.165) is 18.5 Å². The summed E-state index contributed by atoms with van der Waals surface area (Å²) in [6, 6.07) is 6.48. The lowest BCUT2D eigenvalue weighted by Crippen LogP contribution is -2.19. The van der Waals surface area contributed by atoms with Gasteiger partial charge in [0, 0.05) is 20.1 Å². The fourth-order valence-electron chi connectivity index (χ4n) is 1.93. The van der Waals surface area contributed by atoms with Gasteiger partial charge < -0.3 is 10.2 Å². The Morgan fingerprint density at radius 3 is 2.90 bits per heavy atom. The first-order valence-corrected chi connectivity index (χ1v) is 7.20. The third kappa shape index (κ3) is 4.29. The van der Waals surface area contributed by atoms with E-state index in [1.54, 1.807) is 12.3 Å². The van der Waals surface area contributed by atoms with Crippen LogP contribution < -0.4 is 10.2 Å². The number of rotatable bonds is 6. The van der Waals surface area contributed by atoms with Gasteiger partial charge in [0.1, 0.15) is 10.8 Å². The van der Waals surface area contributed by atoms with Crippen LogP contribution in [0, 0.1) is 5.82 Å². The topological polar surface area (TPSA) is 41.1 Å². The Morgan fingerprint density at radius 1 is 1.38 bits per heavy atom. The first-order chi connectivity index (χ1) is 10.1. The molecule has 1 aromatic heterocycles. The molecule has 1 N–H and O–H groups in total. The standard InChI is InChI=1S/C15H18ClFN4/c1-3-7-18-15-19-9-13(16)14(20-15)21(2)10-11-5-4-6-12(17)8-11/h4-6,8-9H,3,7,10H2,1-2H3,(H,18,19,20). The summed E-state index contributed by atoms with van der Waals surface area (Å²) in [6.07, 6.45) is 2.56. The lowest BCUT2D eigenvalue weighted by molar-refractivity contribution is 0.625. The Balaban J connectivity index is 2.15. The highest BCUT2D eigenvalue weighted by Gasteiger charge is 2.11. The monoisotopic (exact) mass is 308 g/mol. The summed E-state index contributed by atoms with van der Waals surface area (Å²) < 4.78 is 13.2. The first-order valence-electron chi connectivity index (χ1n) is 6.82. The minimum atomic E-state index is -0.250. The fraction of sp³-hybridized carbons (Fsp3) is 0.333. The highest BCUT2D eigenvalue weighted by Crippen LogP contribution is 2.24. The molecule has 1 aromatic carbocycles. The van der Waals surface area contributed by atoms with Crippen LogP contribution >= 0.6 is 11.6 Å². The zero-order valence-corrected chi connectivity index (χ0v) is 12.9. The van der Waals surface area contributed by atoms with Crippen LogP contribution in [0.3, 0.4) is 0 Å². The summed E-state index contributed by atoms with van der Waals surface area (Å²) in [5.41, 5.74) is 0.857. The first kappa shape index (κ1) is 15.5. The molecule has 0 unspecified atom stereocenters. The van der Waals surface area contributed by atoms with Crippen molar-refractivity contribution in [2.45, 2.75) is 19.9 Å². The summed E-state index contributed by atoms with van der Waals surface area (Å²) in [5, 5.41) is 3.59. The molecule has 0 saturated carbocycles. The van der Waals surface area contributed by atoms with Crippen LogP contribution in [0.1, 0.15) is 18.9 Å². The van der Waals surface area contributed by atoms with E-state index in [1.165, 1.54) is 12.1 Å². The number of hydrogen-bond donors (Lipinski definition) is 1. The molecule has 0 aliphatic rings. The maximum atomic E-state index is 13.2. The third-order valence-electron chi connectivity index (χ3n) is 2.93. The smallest absolute Gasteiger partial charge is 0.224 e. The molecule has 0 spiro atoms. The molecule has 2 aromatic rings. The lowest BCUT2D eigenvalue weighted by Gasteiger charge is -2.20. The highest BCUT2D eigenvalue weighted by atomic mass is 35.5. The van der Waals surface area contributed by atoms with E-state index in [4.69, 9.17) is 11.6 Å². The molecular weight excluding hydrogens is 291 g/mol. The molecule has 0 bridgehead atoms. The van der Waals surface area contributed by atoms with Gasteiger partial charge in [-0.15, -0.1) is 0 Å². The Bertz CT molecular complexity index is 606. The fourth-order valence-corrected chi connectivity index (χ4v) is 2.17. The van der Waals surface area contributed by atoms with Crippen LogP contribution in [0.15, 0.2) is 30.5 Å². The zero-order chi connectivity index (χ0) is 15.2. The molecule has 1 heterocycles. The molecule has 0 saturated heterocycles. The van der Waals surface area contributed by atoms with Gasteiger partial charge in [-0.3, -0.25) is 0 Å². The molecular formula is C15H18ClFN4. The van der Waals surface area contributed by atoms with Crippen molar-refractivity contribution in [2.24, 2.45) is 0 Å². The van der Waals surface area contributed by atoms with Crippen LogP contribution in [0.4, 0.5) is 16.2 Å². The van der Waals surface area contributed by atoms with E-state index in [2.05, 4.69) is 22.2 Å². The molecule has 6 heteroatoms. The molecule has 0 atom stereocenters. The number of halogens is 2. The van der Waals surface area contributed by atoms with E-state index in [0.29, 0.717) is 23.3 Å². The van der Waals surface area contributed by atoms with Gasteiger partial charge >= 0.3 is 0 Å². The summed E-state index contributed by atoms with van der Waals surface area (Å²) in [5.74, 6) is 0.914. The number of nitrogens with one attached hydrogen (secondary N) is 1. The second-order valence-electron chi connectivity index (χ2n) is 4.78. The Kier molecular flexibility index (Phi) is 5.33. The molecule has 0 aliphatic heterocycles. The molecule has 21 heavy (non-hydrogen) atoms.